The van der Waals surface area contributed by atoms with Gasteiger partial charge in [0.2, 0.25) is 5.91 Å². The summed E-state index contributed by atoms with van der Waals surface area (Å²) in [6.45, 7) is 3.72. The number of nitriles is 1. The zero-order valence-corrected chi connectivity index (χ0v) is 23.2. The average Bonchev–Trinajstić information content (AvgIpc) is 3.26. The molecule has 4 rings (SSSR count). The van der Waals surface area contributed by atoms with E-state index in [0.717, 1.165) is 11.8 Å². The van der Waals surface area contributed by atoms with Crippen molar-refractivity contribution in [2.45, 2.75) is 56.7 Å². The molecule has 40 heavy (non-hydrogen) atoms. The summed E-state index contributed by atoms with van der Waals surface area (Å²) in [5, 5.41) is 18.7. The molecule has 1 aromatic carbocycles. The number of carboxylic acids is 1. The summed E-state index contributed by atoms with van der Waals surface area (Å²) in [6, 6.07) is 4.90. The second kappa shape index (κ2) is 12.1. The number of fused-ring (bicyclic) bond motifs is 1. The van der Waals surface area contributed by atoms with Crippen LogP contribution in [0.4, 0.5) is 13.6 Å². The van der Waals surface area contributed by atoms with Gasteiger partial charge in [0.25, 0.3) is 0 Å². The van der Waals surface area contributed by atoms with Crippen LogP contribution in [0.15, 0.2) is 28.7 Å². The number of urea groups is 1. The normalized spacial score (nSPS) is 22.8. The van der Waals surface area contributed by atoms with Gasteiger partial charge >= 0.3 is 12.0 Å². The van der Waals surface area contributed by atoms with Crippen LogP contribution in [0.25, 0.3) is 0 Å². The predicted octanol–water partition coefficient (Wildman–Crippen LogP) is 4.02. The van der Waals surface area contributed by atoms with Crippen LogP contribution >= 0.6 is 11.8 Å². The Morgan fingerprint density at radius 2 is 2.02 bits per heavy atom. The van der Waals surface area contributed by atoms with Crippen molar-refractivity contribution in [3.8, 4) is 11.8 Å². The Balaban J connectivity index is 1.78. The van der Waals surface area contributed by atoms with Gasteiger partial charge in [-0.2, -0.15) is 5.26 Å². The van der Waals surface area contributed by atoms with E-state index in [4.69, 9.17) is 14.2 Å². The lowest BCUT2D eigenvalue weighted by atomic mass is 9.91. The first-order valence-corrected chi connectivity index (χ1v) is 13.8. The number of carbonyl (C=O) groups excluding carboxylic acids is 2. The molecule has 3 heterocycles. The highest BCUT2D eigenvalue weighted by Crippen LogP contribution is 2.48. The third kappa shape index (κ3) is 5.66. The zero-order valence-electron chi connectivity index (χ0n) is 22.4. The second-order valence-corrected chi connectivity index (χ2v) is 11.4. The number of carbonyl (C=O) groups is 3. The van der Waals surface area contributed by atoms with E-state index in [0.29, 0.717) is 36.5 Å². The molecule has 2 saturated heterocycles. The Kier molecular flexibility index (Phi) is 9.02. The fourth-order valence-electron chi connectivity index (χ4n) is 5.05. The minimum Gasteiger partial charge on any atom is -0.490 e. The molecular weight excluding hydrogens is 548 g/mol. The molecular formula is C27H31F2N3O7S. The van der Waals surface area contributed by atoms with Gasteiger partial charge in [0.1, 0.15) is 47.9 Å². The van der Waals surface area contributed by atoms with E-state index in [1.165, 1.54) is 36.9 Å². The molecule has 216 valence electrons. The van der Waals surface area contributed by atoms with Gasteiger partial charge in [0.15, 0.2) is 0 Å². The molecule has 0 spiro atoms. The molecule has 10 nitrogen and oxygen atoms in total. The van der Waals surface area contributed by atoms with Crippen molar-refractivity contribution in [1.29, 1.82) is 5.26 Å². The van der Waals surface area contributed by atoms with Gasteiger partial charge in [-0.1, -0.05) is 11.8 Å². The lowest BCUT2D eigenvalue weighted by Gasteiger charge is -2.47. The first-order chi connectivity index (χ1) is 19.0. The first kappa shape index (κ1) is 29.8. The smallest absolute Gasteiger partial charge is 0.329 e. The van der Waals surface area contributed by atoms with E-state index in [-0.39, 0.29) is 35.5 Å². The number of hydrogen-bond acceptors (Lipinski definition) is 8. The van der Waals surface area contributed by atoms with Gasteiger partial charge in [-0.3, -0.25) is 4.79 Å². The standard InChI is InChI=1S/C27H31F2N3O7S/c1-15-21(13-30)40-24-22(15)23(33)32(27(2,3)25(34)35)26(36)31(24)14-20(39-17-6-9-37-10-7-17)18-12-16(29)4-5-19(18)38-11-8-28/h4-5,12,17,20,22,24H,6-11,14H2,1-3H3,(H,34,35). The van der Waals surface area contributed by atoms with Crippen LogP contribution in [-0.2, 0) is 19.1 Å². The summed E-state index contributed by atoms with van der Waals surface area (Å²) in [6.07, 6.45) is -0.229. The van der Waals surface area contributed by atoms with Crippen molar-refractivity contribution in [2.24, 2.45) is 5.92 Å². The minimum absolute atomic E-state index is 0.169. The molecule has 0 radical (unpaired) electrons. The van der Waals surface area contributed by atoms with E-state index in [1.807, 2.05) is 0 Å². The number of nitrogens with zero attached hydrogens (tertiary/aromatic N) is 3. The van der Waals surface area contributed by atoms with Crippen LogP contribution in [0.1, 0.15) is 45.3 Å². The summed E-state index contributed by atoms with van der Waals surface area (Å²) in [5.74, 6) is -3.50. The summed E-state index contributed by atoms with van der Waals surface area (Å²) >= 11 is 1.04. The maximum Gasteiger partial charge on any atom is 0.329 e. The van der Waals surface area contributed by atoms with E-state index < -0.39 is 53.3 Å². The fourth-order valence-corrected chi connectivity index (χ4v) is 6.42. The fraction of sp³-hybridized carbons (Fsp3) is 0.556. The molecule has 13 heteroatoms. The lowest BCUT2D eigenvalue weighted by molar-refractivity contribution is -0.158. The predicted molar refractivity (Wildman–Crippen MR) is 139 cm³/mol. The number of halogens is 2. The van der Waals surface area contributed by atoms with Gasteiger partial charge in [0.05, 0.1) is 23.5 Å². The van der Waals surface area contributed by atoms with Crippen LogP contribution < -0.4 is 4.74 Å². The highest BCUT2D eigenvalue weighted by Gasteiger charge is 2.57. The van der Waals surface area contributed by atoms with E-state index in [2.05, 4.69) is 6.07 Å². The number of ether oxygens (including phenoxy) is 3. The van der Waals surface area contributed by atoms with Crippen molar-refractivity contribution in [2.75, 3.05) is 33.0 Å². The molecule has 0 aromatic heterocycles. The van der Waals surface area contributed by atoms with Crippen LogP contribution in [0.5, 0.6) is 5.75 Å². The van der Waals surface area contributed by atoms with Gasteiger partial charge in [-0.25, -0.2) is 23.3 Å². The second-order valence-electron chi connectivity index (χ2n) is 10.2. The molecule has 1 N–H and O–H groups in total. The number of aliphatic carboxylic acids is 1. The SMILES string of the molecule is CC1=C(C#N)SC2C1C(=O)N(C(C)(C)C(=O)O)C(=O)N2CC(OC1CCOCC1)c1cc(F)ccc1OCCF. The minimum atomic E-state index is -1.90. The lowest BCUT2D eigenvalue weighted by Crippen LogP contribution is -2.67. The molecule has 3 aliphatic heterocycles. The number of thioether (sulfide) groups is 1. The Bertz CT molecular complexity index is 1240. The van der Waals surface area contributed by atoms with E-state index >= 15 is 0 Å². The molecule has 2 fully saturated rings. The highest BCUT2D eigenvalue weighted by atomic mass is 32.2. The number of allylic oxidation sites excluding steroid dienone is 1. The number of alkyl halides is 1. The molecule has 3 atom stereocenters. The third-order valence-corrected chi connectivity index (χ3v) is 8.72. The van der Waals surface area contributed by atoms with Gasteiger partial charge < -0.3 is 24.2 Å². The zero-order chi connectivity index (χ0) is 29.2. The molecule has 0 saturated carbocycles. The summed E-state index contributed by atoms with van der Waals surface area (Å²) < 4.78 is 44.9. The Morgan fingerprint density at radius 1 is 1.32 bits per heavy atom. The number of imide groups is 1. The summed E-state index contributed by atoms with van der Waals surface area (Å²) in [5.41, 5.74) is -1.23. The number of rotatable bonds is 10. The van der Waals surface area contributed by atoms with Gasteiger partial charge in [-0.05, 0) is 57.4 Å². The Hall–Kier alpha value is -3.21. The van der Waals surface area contributed by atoms with Crippen molar-refractivity contribution >= 4 is 29.7 Å². The number of hydrogen-bond donors (Lipinski definition) is 1. The molecule has 3 aliphatic rings. The van der Waals surface area contributed by atoms with E-state index in [9.17, 15) is 33.5 Å². The van der Waals surface area contributed by atoms with Crippen LogP contribution in [0, 0.1) is 23.1 Å². The molecule has 0 aliphatic carbocycles. The number of benzene rings is 1. The van der Waals surface area contributed by atoms with Crippen molar-refractivity contribution in [3.05, 3.63) is 40.1 Å². The van der Waals surface area contributed by atoms with Crippen molar-refractivity contribution in [3.63, 3.8) is 0 Å². The summed E-state index contributed by atoms with van der Waals surface area (Å²) in [4.78, 5) is 41.9. The Labute approximate surface area is 234 Å². The number of carboxylic acid groups (broad SMARTS) is 1. The maximum absolute atomic E-state index is 14.5. The molecule has 0 bridgehead atoms. The Morgan fingerprint density at radius 3 is 2.65 bits per heavy atom. The average molecular weight is 580 g/mol. The van der Waals surface area contributed by atoms with E-state index in [1.54, 1.807) is 6.92 Å². The number of amides is 3. The van der Waals surface area contributed by atoms with Gasteiger partial charge in [-0.15, -0.1) is 0 Å². The monoisotopic (exact) mass is 579 g/mol. The molecule has 1 aromatic rings. The highest BCUT2D eigenvalue weighted by molar-refractivity contribution is 8.04. The van der Waals surface area contributed by atoms with Crippen LogP contribution in [-0.4, -0.2) is 82.9 Å². The van der Waals surface area contributed by atoms with Crippen LogP contribution in [0.3, 0.4) is 0 Å². The first-order valence-electron chi connectivity index (χ1n) is 12.9. The molecule has 3 amide bonds. The third-order valence-electron chi connectivity index (χ3n) is 7.30. The van der Waals surface area contributed by atoms with Crippen molar-refractivity contribution < 1.29 is 42.5 Å². The van der Waals surface area contributed by atoms with Crippen LogP contribution in [0.2, 0.25) is 0 Å². The quantitative estimate of drug-likeness (QED) is 0.437. The topological polar surface area (TPSA) is 129 Å². The largest absolute Gasteiger partial charge is 0.490 e. The van der Waals surface area contributed by atoms with Crippen molar-refractivity contribution in [1.82, 2.24) is 9.80 Å². The maximum atomic E-state index is 14.5. The molecule has 3 unspecified atom stereocenters. The van der Waals surface area contributed by atoms with Gasteiger partial charge in [0, 0.05) is 18.8 Å². The summed E-state index contributed by atoms with van der Waals surface area (Å²) in [7, 11) is 0.